The maximum atomic E-state index is 12.3. The fraction of sp³-hybridized carbons (Fsp3) is 0.933. The van der Waals surface area contributed by atoms with E-state index >= 15 is 0 Å². The van der Waals surface area contributed by atoms with Gasteiger partial charge in [0.25, 0.3) is 0 Å². The van der Waals surface area contributed by atoms with Crippen molar-refractivity contribution in [3.63, 3.8) is 0 Å². The third-order valence-corrected chi connectivity index (χ3v) is 4.52. The Hall–Kier alpha value is -0.370. The second kappa shape index (κ2) is 6.53. The second-order valence-electron chi connectivity index (χ2n) is 6.13. The summed E-state index contributed by atoms with van der Waals surface area (Å²) in [5.41, 5.74) is 0. The zero-order valence-corrected chi connectivity index (χ0v) is 11.3. The number of hydrogen-bond donors (Lipinski definition) is 0. The zero-order valence-electron chi connectivity index (χ0n) is 11.3. The lowest BCUT2D eigenvalue weighted by Crippen LogP contribution is -2.27. The molecule has 0 aromatic carbocycles. The highest BCUT2D eigenvalue weighted by Gasteiger charge is 2.25. The first kappa shape index (κ1) is 13.1. The molecule has 2 aliphatic rings. The minimum absolute atomic E-state index is 0.414. The molecule has 0 bridgehead atoms. The van der Waals surface area contributed by atoms with Gasteiger partial charge in [0.15, 0.2) is 0 Å². The zero-order chi connectivity index (χ0) is 12.1. The molecule has 0 radical (unpaired) electrons. The van der Waals surface area contributed by atoms with Gasteiger partial charge in [-0.1, -0.05) is 25.7 Å². The first-order chi connectivity index (χ1) is 8.25. The second-order valence-corrected chi connectivity index (χ2v) is 6.13. The van der Waals surface area contributed by atoms with Crippen molar-refractivity contribution in [2.24, 2.45) is 11.8 Å². The van der Waals surface area contributed by atoms with Gasteiger partial charge in [0.05, 0.1) is 0 Å². The molecule has 0 spiro atoms. The van der Waals surface area contributed by atoms with Gasteiger partial charge >= 0.3 is 0 Å². The van der Waals surface area contributed by atoms with E-state index in [2.05, 4.69) is 11.9 Å². The van der Waals surface area contributed by atoms with Crippen molar-refractivity contribution >= 4 is 5.78 Å². The molecule has 1 unspecified atom stereocenters. The van der Waals surface area contributed by atoms with Gasteiger partial charge in [0, 0.05) is 18.9 Å². The van der Waals surface area contributed by atoms with Crippen molar-refractivity contribution in [2.75, 3.05) is 20.1 Å². The number of ketones is 1. The van der Waals surface area contributed by atoms with Crippen LogP contribution >= 0.6 is 0 Å². The van der Waals surface area contributed by atoms with Gasteiger partial charge < -0.3 is 4.90 Å². The molecule has 1 aliphatic carbocycles. The predicted molar refractivity (Wildman–Crippen MR) is 71.0 cm³/mol. The molecule has 2 nitrogen and oxygen atoms in total. The minimum atomic E-state index is 0.414. The van der Waals surface area contributed by atoms with E-state index in [0.29, 0.717) is 17.6 Å². The molecule has 17 heavy (non-hydrogen) atoms. The number of rotatable bonds is 3. The summed E-state index contributed by atoms with van der Waals surface area (Å²) in [7, 11) is 2.20. The Morgan fingerprint density at radius 3 is 2.53 bits per heavy atom. The molecule has 1 saturated carbocycles. The molecule has 1 aliphatic heterocycles. The van der Waals surface area contributed by atoms with E-state index in [9.17, 15) is 4.79 Å². The van der Waals surface area contributed by atoms with Crippen LogP contribution in [-0.2, 0) is 4.79 Å². The average molecular weight is 237 g/mol. The smallest absolute Gasteiger partial charge is 0.136 e. The Bertz CT molecular complexity index is 245. The summed E-state index contributed by atoms with van der Waals surface area (Å²) in [5, 5.41) is 0. The highest BCUT2D eigenvalue weighted by Crippen LogP contribution is 2.28. The van der Waals surface area contributed by atoms with E-state index in [1.165, 1.54) is 57.9 Å². The van der Waals surface area contributed by atoms with Crippen LogP contribution in [-0.4, -0.2) is 30.8 Å². The summed E-state index contributed by atoms with van der Waals surface area (Å²) in [6.45, 7) is 2.35. The summed E-state index contributed by atoms with van der Waals surface area (Å²) in [6, 6.07) is 0. The van der Waals surface area contributed by atoms with Crippen molar-refractivity contribution in [1.82, 2.24) is 4.90 Å². The van der Waals surface area contributed by atoms with E-state index in [1.807, 2.05) is 0 Å². The van der Waals surface area contributed by atoms with Crippen LogP contribution < -0.4 is 0 Å². The van der Waals surface area contributed by atoms with Crippen LogP contribution in [0.3, 0.4) is 0 Å². The fourth-order valence-electron chi connectivity index (χ4n) is 3.48. The number of carbonyl (C=O) groups is 1. The Kier molecular flexibility index (Phi) is 5.02. The molecule has 2 fully saturated rings. The lowest BCUT2D eigenvalue weighted by Gasteiger charge is -2.24. The normalized spacial score (nSPS) is 28.9. The van der Waals surface area contributed by atoms with E-state index < -0.39 is 0 Å². The van der Waals surface area contributed by atoms with Crippen LogP contribution in [0.5, 0.6) is 0 Å². The summed E-state index contributed by atoms with van der Waals surface area (Å²) in [6.07, 6.45) is 11.0. The lowest BCUT2D eigenvalue weighted by molar-refractivity contribution is -0.124. The van der Waals surface area contributed by atoms with Gasteiger partial charge in [-0.15, -0.1) is 0 Å². The third-order valence-electron chi connectivity index (χ3n) is 4.52. The first-order valence-corrected chi connectivity index (χ1v) is 7.47. The molecule has 0 aromatic rings. The molecule has 1 heterocycles. The number of hydrogen-bond acceptors (Lipinski definition) is 2. The predicted octanol–water partition coefficient (Wildman–Crippen LogP) is 3.26. The van der Waals surface area contributed by atoms with Gasteiger partial charge in [0.2, 0.25) is 0 Å². The van der Waals surface area contributed by atoms with Crippen LogP contribution in [0.4, 0.5) is 0 Å². The van der Waals surface area contributed by atoms with Gasteiger partial charge in [-0.05, 0) is 45.2 Å². The van der Waals surface area contributed by atoms with Crippen LogP contribution in [0.15, 0.2) is 0 Å². The molecule has 2 rings (SSSR count). The van der Waals surface area contributed by atoms with Crippen molar-refractivity contribution < 1.29 is 4.79 Å². The van der Waals surface area contributed by atoms with Crippen molar-refractivity contribution in [1.29, 1.82) is 0 Å². The van der Waals surface area contributed by atoms with Crippen LogP contribution in [0.2, 0.25) is 0 Å². The Balaban J connectivity index is 1.79. The highest BCUT2D eigenvalue weighted by molar-refractivity contribution is 5.81. The van der Waals surface area contributed by atoms with Crippen LogP contribution in [0, 0.1) is 11.8 Å². The van der Waals surface area contributed by atoms with Gasteiger partial charge in [-0.25, -0.2) is 0 Å². The van der Waals surface area contributed by atoms with Crippen molar-refractivity contribution in [2.45, 2.75) is 57.8 Å². The average Bonchev–Trinajstić information content (AvgIpc) is 2.55. The molecule has 1 saturated heterocycles. The lowest BCUT2D eigenvalue weighted by atomic mass is 9.82. The van der Waals surface area contributed by atoms with Crippen LogP contribution in [0.25, 0.3) is 0 Å². The monoisotopic (exact) mass is 237 g/mol. The number of likely N-dealkylation sites (tertiary alicyclic amines) is 1. The highest BCUT2D eigenvalue weighted by atomic mass is 16.1. The van der Waals surface area contributed by atoms with Crippen molar-refractivity contribution in [3.05, 3.63) is 0 Å². The fourth-order valence-corrected chi connectivity index (χ4v) is 3.48. The number of Topliss-reactive ketones (excluding diaryl/α,β-unsaturated/α-hetero) is 1. The molecular formula is C15H27NO. The van der Waals surface area contributed by atoms with Crippen LogP contribution in [0.1, 0.15) is 57.8 Å². The molecule has 0 amide bonds. The molecule has 0 aromatic heterocycles. The molecular weight excluding hydrogens is 210 g/mol. The summed E-state index contributed by atoms with van der Waals surface area (Å²) in [4.78, 5) is 14.7. The quantitative estimate of drug-likeness (QED) is 0.751. The van der Waals surface area contributed by atoms with E-state index in [-0.39, 0.29) is 0 Å². The Morgan fingerprint density at radius 1 is 1.06 bits per heavy atom. The Morgan fingerprint density at radius 2 is 1.76 bits per heavy atom. The summed E-state index contributed by atoms with van der Waals surface area (Å²) >= 11 is 0. The standard InChI is InChI=1S/C15H27NO/c1-16-10-6-5-7-13(12-16)11-15(17)14-8-3-2-4-9-14/h13-14H,2-12H2,1H3. The van der Waals surface area contributed by atoms with Gasteiger partial charge in [-0.3, -0.25) is 4.79 Å². The third kappa shape index (κ3) is 4.09. The largest absolute Gasteiger partial charge is 0.306 e. The summed E-state index contributed by atoms with van der Waals surface area (Å²) < 4.78 is 0. The molecule has 2 heteroatoms. The molecule has 98 valence electrons. The molecule has 1 atom stereocenters. The maximum Gasteiger partial charge on any atom is 0.136 e. The first-order valence-electron chi connectivity index (χ1n) is 7.47. The van der Waals surface area contributed by atoms with Gasteiger partial charge in [-0.2, -0.15) is 0 Å². The van der Waals surface area contributed by atoms with E-state index in [0.717, 1.165) is 13.0 Å². The van der Waals surface area contributed by atoms with E-state index in [4.69, 9.17) is 0 Å². The topological polar surface area (TPSA) is 20.3 Å². The minimum Gasteiger partial charge on any atom is -0.306 e. The SMILES string of the molecule is CN1CCCCC(CC(=O)C2CCCCC2)C1. The number of carbonyl (C=O) groups excluding carboxylic acids is 1. The molecule has 0 N–H and O–H groups in total. The van der Waals surface area contributed by atoms with Crippen molar-refractivity contribution in [3.8, 4) is 0 Å². The summed E-state index contributed by atoms with van der Waals surface area (Å²) in [5.74, 6) is 1.62. The maximum absolute atomic E-state index is 12.3. The number of nitrogens with zero attached hydrogens (tertiary/aromatic N) is 1. The van der Waals surface area contributed by atoms with E-state index in [1.54, 1.807) is 0 Å². The van der Waals surface area contributed by atoms with Gasteiger partial charge in [0.1, 0.15) is 5.78 Å². The Labute approximate surface area is 106 Å².